The average molecular weight is 363 g/mol. The van der Waals surface area contributed by atoms with E-state index in [9.17, 15) is 9.90 Å². The van der Waals surface area contributed by atoms with Gasteiger partial charge in [0, 0.05) is 17.1 Å². The van der Waals surface area contributed by atoms with Crippen molar-refractivity contribution in [2.45, 2.75) is 51.7 Å². The Morgan fingerprint density at radius 3 is 2.70 bits per heavy atom. The Balaban J connectivity index is 1.72. The summed E-state index contributed by atoms with van der Waals surface area (Å²) in [6, 6.07) is 16.6. The van der Waals surface area contributed by atoms with Crippen LogP contribution in [0.1, 0.15) is 55.5 Å². The highest BCUT2D eigenvalue weighted by atomic mass is 16.5. The number of aromatic nitrogens is 1. The minimum atomic E-state index is -0.733. The van der Waals surface area contributed by atoms with E-state index in [1.807, 2.05) is 18.2 Å². The van der Waals surface area contributed by atoms with Crippen molar-refractivity contribution in [3.63, 3.8) is 0 Å². The molecule has 4 rings (SSSR count). The van der Waals surface area contributed by atoms with Crippen LogP contribution in [0.5, 0.6) is 5.75 Å². The number of fused-ring (bicyclic) bond motifs is 3. The van der Waals surface area contributed by atoms with E-state index in [4.69, 9.17) is 4.74 Å². The van der Waals surface area contributed by atoms with E-state index in [1.54, 1.807) is 0 Å². The number of carboxylic acid groups (broad SMARTS) is 1. The fraction of sp³-hybridized carbons (Fsp3) is 0.348. The summed E-state index contributed by atoms with van der Waals surface area (Å²) in [6.45, 7) is 4.90. The fourth-order valence-electron chi connectivity index (χ4n) is 4.14. The average Bonchev–Trinajstić information content (AvgIpc) is 3.19. The third-order valence-electron chi connectivity index (χ3n) is 5.39. The fourth-order valence-corrected chi connectivity index (χ4v) is 4.14. The maximum Gasteiger partial charge on any atom is 0.305 e. The van der Waals surface area contributed by atoms with Crippen LogP contribution in [-0.2, 0) is 17.8 Å². The molecule has 140 valence electrons. The van der Waals surface area contributed by atoms with Crippen LogP contribution in [0.4, 0.5) is 0 Å². The molecule has 1 atom stereocenters. The van der Waals surface area contributed by atoms with Crippen molar-refractivity contribution in [2.75, 3.05) is 0 Å². The lowest BCUT2D eigenvalue weighted by molar-refractivity contribution is -0.137. The topological polar surface area (TPSA) is 51.5 Å². The zero-order chi connectivity index (χ0) is 19.0. The number of aliphatic carboxylic acids is 1. The SMILES string of the molecule is CC(C)c1cc(OCc2ccccc2)cc2cc3n(c12)C(CC(=O)O)CC3. The molecule has 0 bridgehead atoms. The van der Waals surface area contributed by atoms with Crippen LogP contribution in [0, 0.1) is 0 Å². The van der Waals surface area contributed by atoms with Gasteiger partial charge in [-0.3, -0.25) is 4.79 Å². The van der Waals surface area contributed by atoms with Gasteiger partial charge in [-0.15, -0.1) is 0 Å². The molecule has 4 nitrogen and oxygen atoms in total. The van der Waals surface area contributed by atoms with Crippen LogP contribution in [0.25, 0.3) is 10.9 Å². The minimum absolute atomic E-state index is 0.0450. The number of nitrogens with zero attached hydrogens (tertiary/aromatic N) is 1. The summed E-state index contributed by atoms with van der Waals surface area (Å²) in [5.41, 5.74) is 4.78. The van der Waals surface area contributed by atoms with Gasteiger partial charge in [-0.1, -0.05) is 44.2 Å². The van der Waals surface area contributed by atoms with E-state index < -0.39 is 5.97 Å². The molecular formula is C23H25NO3. The highest BCUT2D eigenvalue weighted by Crippen LogP contribution is 2.40. The van der Waals surface area contributed by atoms with E-state index >= 15 is 0 Å². The van der Waals surface area contributed by atoms with Gasteiger partial charge in [-0.05, 0) is 48.1 Å². The zero-order valence-corrected chi connectivity index (χ0v) is 15.8. The van der Waals surface area contributed by atoms with Gasteiger partial charge in [0.2, 0.25) is 0 Å². The maximum atomic E-state index is 11.3. The number of benzene rings is 2. The van der Waals surface area contributed by atoms with Crippen molar-refractivity contribution in [3.8, 4) is 5.75 Å². The molecule has 0 fully saturated rings. The molecule has 1 aliphatic rings. The quantitative estimate of drug-likeness (QED) is 0.646. The number of hydrogen-bond acceptors (Lipinski definition) is 2. The number of carboxylic acids is 1. The third-order valence-corrected chi connectivity index (χ3v) is 5.39. The van der Waals surface area contributed by atoms with E-state index in [0.717, 1.165) is 29.5 Å². The van der Waals surface area contributed by atoms with Crippen LogP contribution in [0.3, 0.4) is 0 Å². The van der Waals surface area contributed by atoms with Crippen molar-refractivity contribution < 1.29 is 14.6 Å². The molecule has 0 saturated carbocycles. The van der Waals surface area contributed by atoms with Gasteiger partial charge in [0.25, 0.3) is 0 Å². The van der Waals surface area contributed by atoms with Gasteiger partial charge in [-0.2, -0.15) is 0 Å². The highest BCUT2D eigenvalue weighted by molar-refractivity contribution is 5.87. The van der Waals surface area contributed by atoms with Crippen LogP contribution >= 0.6 is 0 Å². The van der Waals surface area contributed by atoms with E-state index in [-0.39, 0.29) is 12.5 Å². The molecule has 27 heavy (non-hydrogen) atoms. The van der Waals surface area contributed by atoms with Gasteiger partial charge in [0.05, 0.1) is 11.9 Å². The Morgan fingerprint density at radius 1 is 1.22 bits per heavy atom. The minimum Gasteiger partial charge on any atom is -0.489 e. The van der Waals surface area contributed by atoms with Crippen molar-refractivity contribution >= 4 is 16.9 Å². The molecule has 2 heterocycles. The molecule has 1 N–H and O–H groups in total. The lowest BCUT2D eigenvalue weighted by Crippen LogP contribution is -2.10. The van der Waals surface area contributed by atoms with Crippen molar-refractivity contribution in [1.82, 2.24) is 4.57 Å². The first-order valence-corrected chi connectivity index (χ1v) is 9.59. The maximum absolute atomic E-state index is 11.3. The molecular weight excluding hydrogens is 338 g/mol. The summed E-state index contributed by atoms with van der Waals surface area (Å²) in [4.78, 5) is 11.3. The van der Waals surface area contributed by atoms with E-state index in [2.05, 4.69) is 48.7 Å². The summed E-state index contributed by atoms with van der Waals surface area (Å²) in [5.74, 6) is 0.468. The van der Waals surface area contributed by atoms with Crippen molar-refractivity contribution in [3.05, 3.63) is 65.4 Å². The summed E-state index contributed by atoms with van der Waals surface area (Å²) < 4.78 is 8.34. The predicted octanol–water partition coefficient (Wildman–Crippen LogP) is 5.31. The molecule has 0 amide bonds. The van der Waals surface area contributed by atoms with Crippen LogP contribution in [-0.4, -0.2) is 15.6 Å². The van der Waals surface area contributed by atoms with Crippen LogP contribution in [0.2, 0.25) is 0 Å². The molecule has 1 aliphatic heterocycles. The monoisotopic (exact) mass is 363 g/mol. The third kappa shape index (κ3) is 3.44. The van der Waals surface area contributed by atoms with Crippen LogP contribution < -0.4 is 4.74 Å². The van der Waals surface area contributed by atoms with Gasteiger partial charge < -0.3 is 14.4 Å². The largest absolute Gasteiger partial charge is 0.489 e. The smallest absolute Gasteiger partial charge is 0.305 e. The van der Waals surface area contributed by atoms with Crippen molar-refractivity contribution in [1.29, 1.82) is 0 Å². The second kappa shape index (κ2) is 7.10. The normalized spacial score (nSPS) is 16.0. The standard InChI is InChI=1S/C23H25NO3/c1-15(2)21-13-20(27-14-16-6-4-3-5-7-16)11-17-10-18-8-9-19(12-22(25)26)24(18)23(17)21/h3-7,10-11,13,15,19H,8-9,12,14H2,1-2H3,(H,25,26). The van der Waals surface area contributed by atoms with Gasteiger partial charge in [0.15, 0.2) is 0 Å². The number of aryl methyl sites for hydroxylation is 1. The van der Waals surface area contributed by atoms with Crippen molar-refractivity contribution in [2.24, 2.45) is 0 Å². The Kier molecular flexibility index (Phi) is 4.65. The number of hydrogen-bond donors (Lipinski definition) is 1. The lowest BCUT2D eigenvalue weighted by atomic mass is 9.99. The molecule has 1 unspecified atom stereocenters. The Labute approximate surface area is 159 Å². The number of carbonyl (C=O) groups is 1. The first-order valence-electron chi connectivity index (χ1n) is 9.59. The molecule has 4 heteroatoms. The van der Waals surface area contributed by atoms with Gasteiger partial charge in [-0.25, -0.2) is 0 Å². The number of rotatable bonds is 6. The Hall–Kier alpha value is -2.75. The summed E-state index contributed by atoms with van der Waals surface area (Å²) in [5, 5.41) is 10.4. The lowest BCUT2D eigenvalue weighted by Gasteiger charge is -2.18. The Bertz CT molecular complexity index is 972. The van der Waals surface area contributed by atoms with Crippen LogP contribution in [0.15, 0.2) is 48.5 Å². The molecule has 0 radical (unpaired) electrons. The molecule has 1 aromatic heterocycles. The number of ether oxygens (including phenoxy) is 1. The molecule has 3 aromatic rings. The molecule has 0 aliphatic carbocycles. The predicted molar refractivity (Wildman–Crippen MR) is 106 cm³/mol. The summed E-state index contributed by atoms with van der Waals surface area (Å²) in [6.07, 6.45) is 2.02. The van der Waals surface area contributed by atoms with E-state index in [1.165, 1.54) is 16.8 Å². The van der Waals surface area contributed by atoms with Gasteiger partial charge >= 0.3 is 5.97 Å². The summed E-state index contributed by atoms with van der Waals surface area (Å²) >= 11 is 0. The van der Waals surface area contributed by atoms with Gasteiger partial charge in [0.1, 0.15) is 12.4 Å². The molecule has 0 spiro atoms. The highest BCUT2D eigenvalue weighted by Gasteiger charge is 2.28. The second-order valence-electron chi connectivity index (χ2n) is 7.68. The molecule has 2 aromatic carbocycles. The first kappa shape index (κ1) is 17.7. The first-order chi connectivity index (χ1) is 13.0. The summed E-state index contributed by atoms with van der Waals surface area (Å²) in [7, 11) is 0. The molecule has 0 saturated heterocycles. The Morgan fingerprint density at radius 2 is 2.00 bits per heavy atom. The zero-order valence-electron chi connectivity index (χ0n) is 15.8. The van der Waals surface area contributed by atoms with E-state index in [0.29, 0.717) is 12.5 Å². The second-order valence-corrected chi connectivity index (χ2v) is 7.68.